The van der Waals surface area contributed by atoms with E-state index in [1.807, 2.05) is 0 Å². The van der Waals surface area contributed by atoms with Crippen LogP contribution >= 0.6 is 21.6 Å². The van der Waals surface area contributed by atoms with Crippen molar-refractivity contribution < 1.29 is 24.6 Å². The number of aliphatic hydroxyl groups excluding tert-OH is 2. The van der Waals surface area contributed by atoms with E-state index < -0.39 is 17.4 Å². The van der Waals surface area contributed by atoms with E-state index >= 15 is 0 Å². The number of aliphatic hydroxyl groups is 2. The van der Waals surface area contributed by atoms with Gasteiger partial charge >= 0.3 is 0 Å². The zero-order valence-corrected chi connectivity index (χ0v) is 16.6. The Balaban J connectivity index is 3.65. The molecule has 25 heavy (non-hydrogen) atoms. The maximum Gasteiger partial charge on any atom is 0.249 e. The van der Waals surface area contributed by atoms with Crippen LogP contribution in [0.2, 0.25) is 0 Å². The van der Waals surface area contributed by atoms with Crippen LogP contribution in [-0.4, -0.2) is 71.8 Å². The minimum Gasteiger partial charge on any atom is -0.396 e. The molecule has 0 bridgehead atoms. The summed E-state index contributed by atoms with van der Waals surface area (Å²) >= 11 is 0. The molecule has 3 amide bonds. The maximum atomic E-state index is 11.7. The largest absolute Gasteiger partial charge is 0.396 e. The van der Waals surface area contributed by atoms with Gasteiger partial charge in [-0.1, -0.05) is 35.4 Å². The van der Waals surface area contributed by atoms with Gasteiger partial charge < -0.3 is 26.2 Å². The molecule has 1 atom stereocenters. The molecule has 0 unspecified atom stereocenters. The summed E-state index contributed by atoms with van der Waals surface area (Å²) in [6, 6.07) is 0. The Morgan fingerprint density at radius 1 is 1.00 bits per heavy atom. The Hall–Kier alpha value is -0.970. The van der Waals surface area contributed by atoms with E-state index in [0.29, 0.717) is 13.1 Å². The molecular weight excluding hydrogens is 366 g/mol. The van der Waals surface area contributed by atoms with E-state index in [-0.39, 0.29) is 31.4 Å². The third-order valence-electron chi connectivity index (χ3n) is 3.20. The predicted molar refractivity (Wildman–Crippen MR) is 101 cm³/mol. The third-order valence-corrected chi connectivity index (χ3v) is 5.61. The predicted octanol–water partition coefficient (Wildman–Crippen LogP) is -0.494. The molecule has 0 aliphatic rings. The topological polar surface area (TPSA) is 128 Å². The summed E-state index contributed by atoms with van der Waals surface area (Å²) in [5.74, 6) is 0.721. The molecule has 0 aromatic carbocycles. The first-order chi connectivity index (χ1) is 11.7. The number of carbonyl (C=O) groups is 3. The van der Waals surface area contributed by atoms with Gasteiger partial charge in [0.15, 0.2) is 0 Å². The highest BCUT2D eigenvalue weighted by Crippen LogP contribution is 2.20. The summed E-state index contributed by atoms with van der Waals surface area (Å²) in [4.78, 5) is 34.0. The lowest BCUT2D eigenvalue weighted by Gasteiger charge is -2.27. The van der Waals surface area contributed by atoms with E-state index in [2.05, 4.69) is 16.0 Å². The molecule has 5 N–H and O–H groups in total. The van der Waals surface area contributed by atoms with Crippen LogP contribution in [0.3, 0.4) is 0 Å². The molecule has 0 saturated heterocycles. The SMILES string of the molecule is CC(=O)NCCSSCCNC(=O)CCNC(=O)[C@H](O)C(C)(C)CO. The molecule has 0 saturated carbocycles. The van der Waals surface area contributed by atoms with Crippen LogP contribution in [0.25, 0.3) is 0 Å². The van der Waals surface area contributed by atoms with Gasteiger partial charge in [0.1, 0.15) is 6.10 Å². The molecule has 8 nitrogen and oxygen atoms in total. The van der Waals surface area contributed by atoms with Crippen LogP contribution in [0.15, 0.2) is 0 Å². The van der Waals surface area contributed by atoms with Crippen molar-refractivity contribution in [1.29, 1.82) is 0 Å². The first-order valence-corrected chi connectivity index (χ1v) is 10.5. The molecule has 0 aromatic rings. The molecule has 0 aromatic heterocycles. The third kappa shape index (κ3) is 12.1. The van der Waals surface area contributed by atoms with Crippen LogP contribution in [-0.2, 0) is 14.4 Å². The Bertz CT molecular complexity index is 435. The van der Waals surface area contributed by atoms with Crippen LogP contribution in [0.1, 0.15) is 27.2 Å². The zero-order valence-electron chi connectivity index (χ0n) is 15.0. The van der Waals surface area contributed by atoms with Crippen molar-refractivity contribution in [1.82, 2.24) is 16.0 Å². The fraction of sp³-hybridized carbons (Fsp3) is 0.800. The van der Waals surface area contributed by atoms with Gasteiger partial charge in [0.25, 0.3) is 0 Å². The second kappa shape index (κ2) is 13.3. The molecular formula is C15H29N3O5S2. The molecule has 10 heteroatoms. The standard InChI is InChI=1S/C15H29N3O5S2/c1-11(20)16-6-8-24-25-9-7-17-12(21)4-5-18-14(23)13(22)15(2,3)10-19/h13,19,22H,4-10H2,1-3H3,(H,16,20)(H,17,21)(H,18,23)/t13-/m0/s1. The molecule has 0 spiro atoms. The quantitative estimate of drug-likeness (QED) is 0.210. The van der Waals surface area contributed by atoms with Gasteiger partial charge in [-0.2, -0.15) is 0 Å². The Morgan fingerprint density at radius 2 is 1.56 bits per heavy atom. The monoisotopic (exact) mass is 395 g/mol. The van der Waals surface area contributed by atoms with Crippen molar-refractivity contribution >= 4 is 39.3 Å². The van der Waals surface area contributed by atoms with Gasteiger partial charge in [0.2, 0.25) is 17.7 Å². The molecule has 0 rings (SSSR count). The van der Waals surface area contributed by atoms with Crippen molar-refractivity contribution in [2.24, 2.45) is 5.41 Å². The highest BCUT2D eigenvalue weighted by atomic mass is 33.1. The van der Waals surface area contributed by atoms with Crippen molar-refractivity contribution in [3.8, 4) is 0 Å². The van der Waals surface area contributed by atoms with Crippen LogP contribution in [0.5, 0.6) is 0 Å². The summed E-state index contributed by atoms with van der Waals surface area (Å²) < 4.78 is 0. The van der Waals surface area contributed by atoms with E-state index in [0.717, 1.165) is 11.5 Å². The lowest BCUT2D eigenvalue weighted by atomic mass is 9.87. The van der Waals surface area contributed by atoms with Gasteiger partial charge in [-0.05, 0) is 0 Å². The summed E-state index contributed by atoms with van der Waals surface area (Å²) in [5, 5.41) is 26.8. The molecule has 146 valence electrons. The summed E-state index contributed by atoms with van der Waals surface area (Å²) in [6.07, 6.45) is -1.20. The van der Waals surface area contributed by atoms with Crippen LogP contribution < -0.4 is 16.0 Å². The lowest BCUT2D eigenvalue weighted by Crippen LogP contribution is -2.46. The van der Waals surface area contributed by atoms with Crippen molar-refractivity contribution in [2.45, 2.75) is 33.3 Å². The molecule has 0 aliphatic carbocycles. The molecule has 0 fully saturated rings. The van der Waals surface area contributed by atoms with Crippen LogP contribution in [0, 0.1) is 5.41 Å². The number of hydrogen-bond donors (Lipinski definition) is 5. The minimum absolute atomic E-state index is 0.0441. The highest BCUT2D eigenvalue weighted by Gasteiger charge is 2.32. The first kappa shape index (κ1) is 24.0. The Morgan fingerprint density at radius 3 is 2.08 bits per heavy atom. The fourth-order valence-electron chi connectivity index (χ4n) is 1.54. The summed E-state index contributed by atoms with van der Waals surface area (Å²) in [5.41, 5.74) is -0.929. The first-order valence-electron chi connectivity index (χ1n) is 8.03. The van der Waals surface area contributed by atoms with Crippen molar-refractivity contribution in [2.75, 3.05) is 37.7 Å². The fourth-order valence-corrected chi connectivity index (χ4v) is 3.36. The lowest BCUT2D eigenvalue weighted by molar-refractivity contribution is -0.137. The van der Waals surface area contributed by atoms with Crippen molar-refractivity contribution in [3.05, 3.63) is 0 Å². The van der Waals surface area contributed by atoms with E-state index in [9.17, 15) is 19.5 Å². The van der Waals surface area contributed by atoms with Gasteiger partial charge in [-0.15, -0.1) is 0 Å². The smallest absolute Gasteiger partial charge is 0.249 e. The number of amides is 3. The van der Waals surface area contributed by atoms with Gasteiger partial charge in [-0.25, -0.2) is 0 Å². The zero-order chi connectivity index (χ0) is 19.3. The molecule has 0 heterocycles. The average Bonchev–Trinajstić information content (AvgIpc) is 2.56. The second-order valence-electron chi connectivity index (χ2n) is 6.07. The van der Waals surface area contributed by atoms with Crippen LogP contribution in [0.4, 0.5) is 0 Å². The average molecular weight is 396 g/mol. The number of carbonyl (C=O) groups excluding carboxylic acids is 3. The highest BCUT2D eigenvalue weighted by molar-refractivity contribution is 8.76. The van der Waals surface area contributed by atoms with E-state index in [1.54, 1.807) is 35.4 Å². The van der Waals surface area contributed by atoms with E-state index in [1.165, 1.54) is 6.92 Å². The summed E-state index contributed by atoms with van der Waals surface area (Å²) in [6.45, 7) is 5.59. The number of rotatable bonds is 13. The maximum absolute atomic E-state index is 11.7. The summed E-state index contributed by atoms with van der Waals surface area (Å²) in [7, 11) is 3.23. The van der Waals surface area contributed by atoms with Gasteiger partial charge in [0, 0.05) is 49.9 Å². The van der Waals surface area contributed by atoms with Crippen molar-refractivity contribution in [3.63, 3.8) is 0 Å². The minimum atomic E-state index is -1.33. The molecule has 0 aliphatic heterocycles. The van der Waals surface area contributed by atoms with Gasteiger partial charge in [-0.3, -0.25) is 14.4 Å². The number of hydrogen-bond acceptors (Lipinski definition) is 7. The van der Waals surface area contributed by atoms with Gasteiger partial charge in [0.05, 0.1) is 6.61 Å². The normalized spacial score (nSPS) is 12.4. The van der Waals surface area contributed by atoms with E-state index in [4.69, 9.17) is 5.11 Å². The molecule has 0 radical (unpaired) electrons. The second-order valence-corrected chi connectivity index (χ2v) is 8.77. The Kier molecular flexibility index (Phi) is 12.7. The Labute approximate surface area is 156 Å². The number of nitrogens with one attached hydrogen (secondary N) is 3.